The molecule has 4 rings (SSSR count). The van der Waals surface area contributed by atoms with Gasteiger partial charge < -0.3 is 19.6 Å². The number of benzene rings is 2. The van der Waals surface area contributed by atoms with Crippen molar-refractivity contribution in [1.29, 1.82) is 0 Å². The number of hydrogen-bond donors (Lipinski definition) is 2. The quantitative estimate of drug-likeness (QED) is 0.304. The van der Waals surface area contributed by atoms with Gasteiger partial charge in [-0.15, -0.1) is 0 Å². The number of furan rings is 1. The third-order valence-corrected chi connectivity index (χ3v) is 5.64. The van der Waals surface area contributed by atoms with Gasteiger partial charge in [-0.3, -0.25) is 9.59 Å². The van der Waals surface area contributed by atoms with Crippen molar-refractivity contribution in [3.63, 3.8) is 0 Å². The van der Waals surface area contributed by atoms with E-state index in [2.05, 4.69) is 10.6 Å². The van der Waals surface area contributed by atoms with Gasteiger partial charge in [0.15, 0.2) is 0 Å². The average Bonchev–Trinajstić information content (AvgIpc) is 3.45. The van der Waals surface area contributed by atoms with Gasteiger partial charge >= 0.3 is 6.18 Å². The molecule has 0 saturated heterocycles. The Balaban J connectivity index is 1.65. The zero-order valence-electron chi connectivity index (χ0n) is 19.9. The van der Waals surface area contributed by atoms with E-state index in [9.17, 15) is 22.8 Å². The van der Waals surface area contributed by atoms with Crippen LogP contribution in [0.2, 0.25) is 0 Å². The van der Waals surface area contributed by atoms with Crippen LogP contribution in [-0.4, -0.2) is 16.4 Å². The van der Waals surface area contributed by atoms with Crippen molar-refractivity contribution in [3.05, 3.63) is 89.5 Å². The van der Waals surface area contributed by atoms with E-state index in [0.29, 0.717) is 40.0 Å². The molecule has 188 valence electrons. The molecular weight excluding hydrogens is 471 g/mol. The van der Waals surface area contributed by atoms with E-state index in [4.69, 9.17) is 4.42 Å². The van der Waals surface area contributed by atoms with Crippen LogP contribution in [0, 0.1) is 5.92 Å². The molecular formula is C27H26F3N3O3. The molecule has 2 heterocycles. The smallest absolute Gasteiger partial charge is 0.416 e. The van der Waals surface area contributed by atoms with Crippen LogP contribution in [0.4, 0.5) is 18.9 Å². The first-order valence-electron chi connectivity index (χ1n) is 11.5. The summed E-state index contributed by atoms with van der Waals surface area (Å²) in [7, 11) is 0. The number of amides is 2. The van der Waals surface area contributed by atoms with E-state index in [1.54, 1.807) is 41.0 Å². The van der Waals surface area contributed by atoms with Gasteiger partial charge in [0, 0.05) is 29.6 Å². The van der Waals surface area contributed by atoms with E-state index in [1.165, 1.54) is 18.4 Å². The van der Waals surface area contributed by atoms with E-state index in [1.807, 2.05) is 13.8 Å². The zero-order valence-corrected chi connectivity index (χ0v) is 19.9. The molecule has 0 bridgehead atoms. The van der Waals surface area contributed by atoms with Crippen molar-refractivity contribution in [2.45, 2.75) is 39.5 Å². The lowest BCUT2D eigenvalue weighted by Crippen LogP contribution is -2.25. The fourth-order valence-electron chi connectivity index (χ4n) is 3.94. The Morgan fingerprint density at radius 2 is 1.78 bits per heavy atom. The summed E-state index contributed by atoms with van der Waals surface area (Å²) in [4.78, 5) is 25.3. The Kier molecular flexibility index (Phi) is 7.19. The largest absolute Gasteiger partial charge is 0.467 e. The molecule has 0 atom stereocenters. The number of carbonyl (C=O) groups is 2. The van der Waals surface area contributed by atoms with Crippen LogP contribution in [0.3, 0.4) is 0 Å². The fraction of sp³-hybridized carbons (Fsp3) is 0.259. The van der Waals surface area contributed by atoms with Crippen molar-refractivity contribution in [1.82, 2.24) is 9.88 Å². The molecule has 2 N–H and O–H groups in total. The average molecular weight is 498 g/mol. The Morgan fingerprint density at radius 3 is 2.42 bits per heavy atom. The van der Waals surface area contributed by atoms with Gasteiger partial charge in [-0.1, -0.05) is 26.0 Å². The lowest BCUT2D eigenvalue weighted by Gasteiger charge is -2.13. The highest BCUT2D eigenvalue weighted by atomic mass is 19.4. The minimum atomic E-state index is -4.42. The minimum Gasteiger partial charge on any atom is -0.467 e. The summed E-state index contributed by atoms with van der Waals surface area (Å²) in [5.41, 5.74) is 1.51. The maximum atomic E-state index is 13.1. The Morgan fingerprint density at radius 1 is 1.03 bits per heavy atom. The predicted molar refractivity (Wildman–Crippen MR) is 130 cm³/mol. The highest BCUT2D eigenvalue weighted by Crippen LogP contribution is 2.30. The number of halogens is 3. The topological polar surface area (TPSA) is 76.3 Å². The van der Waals surface area contributed by atoms with Gasteiger partial charge in [0.25, 0.3) is 5.91 Å². The molecule has 0 aliphatic rings. The van der Waals surface area contributed by atoms with Crippen molar-refractivity contribution in [3.8, 4) is 0 Å². The normalized spacial score (nSPS) is 11.7. The molecule has 2 aromatic heterocycles. The van der Waals surface area contributed by atoms with E-state index in [-0.39, 0.29) is 30.8 Å². The number of anilines is 1. The summed E-state index contributed by atoms with van der Waals surface area (Å²) in [6.45, 7) is 4.28. The number of hydrogen-bond acceptors (Lipinski definition) is 3. The molecule has 2 aromatic carbocycles. The second-order valence-electron chi connectivity index (χ2n) is 8.99. The monoisotopic (exact) mass is 497 g/mol. The summed E-state index contributed by atoms with van der Waals surface area (Å²) in [6.07, 6.45) is -2.53. The number of carbonyl (C=O) groups excluding carboxylic acids is 2. The molecule has 2 amide bonds. The van der Waals surface area contributed by atoms with Crippen LogP contribution in [0.1, 0.15) is 47.6 Å². The molecule has 0 fully saturated rings. The van der Waals surface area contributed by atoms with Crippen molar-refractivity contribution in [2.75, 3.05) is 5.32 Å². The summed E-state index contributed by atoms with van der Waals surface area (Å²) in [5.74, 6) is 0.330. The van der Waals surface area contributed by atoms with Crippen LogP contribution in [0.5, 0.6) is 0 Å². The highest BCUT2D eigenvalue weighted by molar-refractivity contribution is 6.00. The van der Waals surface area contributed by atoms with Crippen LogP contribution in [0.25, 0.3) is 10.9 Å². The molecule has 0 unspecified atom stereocenters. The summed E-state index contributed by atoms with van der Waals surface area (Å²) in [5, 5.41) is 6.40. The highest BCUT2D eigenvalue weighted by Gasteiger charge is 2.30. The Hall–Kier alpha value is -4.01. The number of alkyl halides is 3. The number of nitrogens with one attached hydrogen (secondary N) is 2. The standard InChI is InChI=1S/C27H26F3N3O3/c1-17(2)12-25(34)32-21-9-10-23-19(13-21)14-24(26(35)31-15-22-4-3-11-36-22)33(23)16-18-5-7-20(8-6-18)27(28,29)30/h3-11,13-14,17H,12,15-16H2,1-2H3,(H,31,35)(H,32,34). The lowest BCUT2D eigenvalue weighted by molar-refractivity contribution is -0.137. The maximum Gasteiger partial charge on any atom is 0.416 e. The molecule has 0 spiro atoms. The summed E-state index contributed by atoms with van der Waals surface area (Å²) >= 11 is 0. The zero-order chi connectivity index (χ0) is 25.9. The van der Waals surface area contributed by atoms with E-state index < -0.39 is 11.7 Å². The van der Waals surface area contributed by atoms with Gasteiger partial charge in [0.1, 0.15) is 11.5 Å². The minimum absolute atomic E-state index is 0.107. The van der Waals surface area contributed by atoms with E-state index in [0.717, 1.165) is 12.1 Å². The van der Waals surface area contributed by atoms with Crippen LogP contribution < -0.4 is 10.6 Å². The Bertz CT molecular complexity index is 1350. The van der Waals surface area contributed by atoms with Crippen molar-refractivity contribution >= 4 is 28.4 Å². The number of fused-ring (bicyclic) bond motifs is 1. The molecule has 4 aromatic rings. The predicted octanol–water partition coefficient (Wildman–Crippen LogP) is 6.22. The molecule has 36 heavy (non-hydrogen) atoms. The first kappa shape index (κ1) is 25.1. The number of nitrogens with zero attached hydrogens (tertiary/aromatic N) is 1. The van der Waals surface area contributed by atoms with Gasteiger partial charge in [0.2, 0.25) is 5.91 Å². The van der Waals surface area contributed by atoms with Crippen molar-refractivity contribution in [2.24, 2.45) is 5.92 Å². The SMILES string of the molecule is CC(C)CC(=O)Nc1ccc2c(c1)cc(C(=O)NCc1ccco1)n2Cc1ccc(C(F)(F)F)cc1. The molecule has 9 heteroatoms. The van der Waals surface area contributed by atoms with Gasteiger partial charge in [0.05, 0.1) is 18.4 Å². The van der Waals surface area contributed by atoms with Crippen LogP contribution in [-0.2, 0) is 24.1 Å². The first-order chi connectivity index (χ1) is 17.1. The summed E-state index contributed by atoms with van der Waals surface area (Å²) < 4.78 is 46.0. The molecule has 0 radical (unpaired) electrons. The number of rotatable bonds is 8. The molecule has 0 aliphatic carbocycles. The van der Waals surface area contributed by atoms with Crippen molar-refractivity contribution < 1.29 is 27.2 Å². The van der Waals surface area contributed by atoms with Gasteiger partial charge in [-0.05, 0) is 60.0 Å². The lowest BCUT2D eigenvalue weighted by atomic mass is 10.1. The third-order valence-electron chi connectivity index (χ3n) is 5.64. The third kappa shape index (κ3) is 5.97. The molecule has 6 nitrogen and oxygen atoms in total. The Labute approximate surface area is 206 Å². The first-order valence-corrected chi connectivity index (χ1v) is 11.5. The van der Waals surface area contributed by atoms with E-state index >= 15 is 0 Å². The van der Waals surface area contributed by atoms with Crippen LogP contribution in [0.15, 0.2) is 71.3 Å². The van der Waals surface area contributed by atoms with Crippen LogP contribution >= 0.6 is 0 Å². The maximum absolute atomic E-state index is 13.1. The summed E-state index contributed by atoms with van der Waals surface area (Å²) in [6, 6.07) is 15.3. The molecule has 0 saturated carbocycles. The second kappa shape index (κ2) is 10.3. The van der Waals surface area contributed by atoms with Gasteiger partial charge in [-0.2, -0.15) is 13.2 Å². The fourth-order valence-corrected chi connectivity index (χ4v) is 3.94. The molecule has 0 aliphatic heterocycles. The van der Waals surface area contributed by atoms with Gasteiger partial charge in [-0.25, -0.2) is 0 Å². The second-order valence-corrected chi connectivity index (χ2v) is 8.99. The number of aromatic nitrogens is 1.